The van der Waals surface area contributed by atoms with Crippen LogP contribution in [-0.4, -0.2) is 20.9 Å². The van der Waals surface area contributed by atoms with E-state index < -0.39 is 0 Å². The van der Waals surface area contributed by atoms with Gasteiger partial charge in [-0.3, -0.25) is 9.69 Å². The van der Waals surface area contributed by atoms with E-state index >= 15 is 0 Å². The van der Waals surface area contributed by atoms with Crippen LogP contribution < -0.4 is 4.90 Å². The van der Waals surface area contributed by atoms with Gasteiger partial charge >= 0.3 is 0 Å². The fraction of sp³-hybridized carbons (Fsp3) is 0.250. The zero-order valence-corrected chi connectivity index (χ0v) is 19.0. The van der Waals surface area contributed by atoms with Gasteiger partial charge in [0.25, 0.3) is 0 Å². The molecule has 156 valence electrons. The molecule has 2 aromatic heterocycles. The predicted octanol–water partition coefficient (Wildman–Crippen LogP) is 6.25. The standard InChI is InChI=1S/C24H22N4OS2/c1-15-6-5-7-19(12-15)28(16(2)29)24-25-18(14-31-24)13-30-23-20-8-3-4-9-21(20)26-22(27-23)17-10-11-17/h3-9,12,14,17H,10-11,13H2,1-2H3. The van der Waals surface area contributed by atoms with Gasteiger partial charge in [-0.25, -0.2) is 15.0 Å². The second-order valence-corrected chi connectivity index (χ2v) is 9.58. The van der Waals surface area contributed by atoms with Crippen LogP contribution in [0.3, 0.4) is 0 Å². The number of carbonyl (C=O) groups is 1. The Bertz CT molecular complexity index is 1270. The number of aryl methyl sites for hydroxylation is 1. The zero-order valence-electron chi connectivity index (χ0n) is 17.4. The Balaban J connectivity index is 1.39. The number of amides is 1. The molecule has 0 atom stereocenters. The molecule has 1 fully saturated rings. The SMILES string of the molecule is CC(=O)N(c1cccc(C)c1)c1nc(CSc2nc(C3CC3)nc3ccccc23)cs1. The normalized spacial score (nSPS) is 13.5. The van der Waals surface area contributed by atoms with Crippen molar-refractivity contribution < 1.29 is 4.79 Å². The van der Waals surface area contributed by atoms with E-state index in [1.807, 2.05) is 48.7 Å². The van der Waals surface area contributed by atoms with Crippen LogP contribution in [0.5, 0.6) is 0 Å². The second-order valence-electron chi connectivity index (χ2n) is 7.78. The first-order valence-corrected chi connectivity index (χ1v) is 12.2. The number of anilines is 2. The molecule has 0 radical (unpaired) electrons. The van der Waals surface area contributed by atoms with Gasteiger partial charge in [-0.1, -0.05) is 42.1 Å². The highest BCUT2D eigenvalue weighted by molar-refractivity contribution is 7.98. The third kappa shape index (κ3) is 4.34. The lowest BCUT2D eigenvalue weighted by Crippen LogP contribution is -2.22. The molecule has 7 heteroatoms. The Hall–Kier alpha value is -2.77. The highest BCUT2D eigenvalue weighted by Gasteiger charge is 2.27. The molecule has 0 unspecified atom stereocenters. The first-order valence-electron chi connectivity index (χ1n) is 10.3. The molecule has 0 saturated heterocycles. The number of rotatable bonds is 6. The summed E-state index contributed by atoms with van der Waals surface area (Å²) in [6, 6.07) is 16.1. The van der Waals surface area contributed by atoms with E-state index in [9.17, 15) is 4.79 Å². The maximum atomic E-state index is 12.4. The van der Waals surface area contributed by atoms with E-state index in [1.54, 1.807) is 23.6 Å². The first-order chi connectivity index (χ1) is 15.1. The van der Waals surface area contributed by atoms with Gasteiger partial charge in [-0.05, 0) is 43.5 Å². The van der Waals surface area contributed by atoms with E-state index in [0.717, 1.165) is 38.7 Å². The van der Waals surface area contributed by atoms with E-state index in [0.29, 0.717) is 16.8 Å². The summed E-state index contributed by atoms with van der Waals surface area (Å²) in [7, 11) is 0. The third-order valence-corrected chi connectivity index (χ3v) is 7.09. The van der Waals surface area contributed by atoms with Crippen molar-refractivity contribution in [3.8, 4) is 0 Å². The molecule has 0 spiro atoms. The van der Waals surface area contributed by atoms with Gasteiger partial charge in [0, 0.05) is 29.4 Å². The maximum absolute atomic E-state index is 12.4. The van der Waals surface area contributed by atoms with Crippen molar-refractivity contribution >= 4 is 50.7 Å². The van der Waals surface area contributed by atoms with Gasteiger partial charge in [0.15, 0.2) is 5.13 Å². The van der Waals surface area contributed by atoms with Gasteiger partial charge in [0.2, 0.25) is 5.91 Å². The topological polar surface area (TPSA) is 59.0 Å². The van der Waals surface area contributed by atoms with Crippen LogP contribution in [0, 0.1) is 6.92 Å². The Kier molecular flexibility index (Phi) is 5.46. The Morgan fingerprint density at radius 2 is 1.97 bits per heavy atom. The van der Waals surface area contributed by atoms with Crippen LogP contribution in [0.2, 0.25) is 0 Å². The molecule has 4 aromatic rings. The largest absolute Gasteiger partial charge is 0.274 e. The van der Waals surface area contributed by atoms with E-state index in [4.69, 9.17) is 15.0 Å². The lowest BCUT2D eigenvalue weighted by atomic mass is 10.2. The molecule has 2 heterocycles. The molecular weight excluding hydrogens is 424 g/mol. The Morgan fingerprint density at radius 3 is 2.74 bits per heavy atom. The highest BCUT2D eigenvalue weighted by Crippen LogP contribution is 2.40. The van der Waals surface area contributed by atoms with Crippen LogP contribution in [0.1, 0.15) is 42.8 Å². The molecule has 1 saturated carbocycles. The molecular formula is C24H22N4OS2. The van der Waals surface area contributed by atoms with Crippen molar-refractivity contribution in [3.63, 3.8) is 0 Å². The molecule has 5 rings (SSSR count). The summed E-state index contributed by atoms with van der Waals surface area (Å²) in [5.74, 6) is 2.12. The van der Waals surface area contributed by atoms with Gasteiger partial charge < -0.3 is 0 Å². The number of thiazole rings is 1. The molecule has 2 aromatic carbocycles. The summed E-state index contributed by atoms with van der Waals surface area (Å²) >= 11 is 3.18. The molecule has 5 nitrogen and oxygen atoms in total. The number of thioether (sulfide) groups is 1. The summed E-state index contributed by atoms with van der Waals surface area (Å²) in [5.41, 5.74) is 3.90. The van der Waals surface area contributed by atoms with E-state index in [2.05, 4.69) is 12.1 Å². The molecule has 1 aliphatic carbocycles. The van der Waals surface area contributed by atoms with E-state index in [1.165, 1.54) is 24.2 Å². The Labute approximate surface area is 189 Å². The maximum Gasteiger partial charge on any atom is 0.230 e. The van der Waals surface area contributed by atoms with Crippen molar-refractivity contribution in [2.45, 2.75) is 43.4 Å². The van der Waals surface area contributed by atoms with Crippen LogP contribution in [0.4, 0.5) is 10.8 Å². The summed E-state index contributed by atoms with van der Waals surface area (Å²) < 4.78 is 0. The number of nitrogens with zero attached hydrogens (tertiary/aromatic N) is 4. The minimum Gasteiger partial charge on any atom is -0.274 e. The lowest BCUT2D eigenvalue weighted by Gasteiger charge is -2.18. The van der Waals surface area contributed by atoms with E-state index in [-0.39, 0.29) is 5.91 Å². The van der Waals surface area contributed by atoms with Gasteiger partial charge in [0.05, 0.1) is 16.9 Å². The quantitative estimate of drug-likeness (QED) is 0.259. The number of aromatic nitrogens is 3. The van der Waals surface area contributed by atoms with Gasteiger partial charge in [-0.15, -0.1) is 11.3 Å². The summed E-state index contributed by atoms with van der Waals surface area (Å²) in [6.07, 6.45) is 2.36. The predicted molar refractivity (Wildman–Crippen MR) is 127 cm³/mol. The van der Waals surface area contributed by atoms with Gasteiger partial charge in [0.1, 0.15) is 10.9 Å². The molecule has 1 aliphatic rings. The van der Waals surface area contributed by atoms with Crippen LogP contribution >= 0.6 is 23.1 Å². The van der Waals surface area contributed by atoms with Crippen molar-refractivity contribution in [1.82, 2.24) is 15.0 Å². The van der Waals surface area contributed by atoms with Crippen LogP contribution in [0.15, 0.2) is 58.9 Å². The smallest absolute Gasteiger partial charge is 0.230 e. The summed E-state index contributed by atoms with van der Waals surface area (Å²) in [5, 5.41) is 4.81. The molecule has 1 amide bonds. The first kappa shape index (κ1) is 20.2. The number of benzene rings is 2. The minimum atomic E-state index is -0.0463. The number of hydrogen-bond acceptors (Lipinski definition) is 6. The number of para-hydroxylation sites is 1. The summed E-state index contributed by atoms with van der Waals surface area (Å²) in [6.45, 7) is 3.60. The number of hydrogen-bond donors (Lipinski definition) is 0. The Morgan fingerprint density at radius 1 is 1.13 bits per heavy atom. The second kappa shape index (κ2) is 8.40. The molecule has 0 N–H and O–H groups in total. The highest BCUT2D eigenvalue weighted by atomic mass is 32.2. The molecule has 31 heavy (non-hydrogen) atoms. The lowest BCUT2D eigenvalue weighted by molar-refractivity contribution is -0.115. The number of fused-ring (bicyclic) bond motifs is 1. The average molecular weight is 447 g/mol. The van der Waals surface area contributed by atoms with Crippen LogP contribution in [0.25, 0.3) is 10.9 Å². The van der Waals surface area contributed by atoms with Gasteiger partial charge in [-0.2, -0.15) is 0 Å². The fourth-order valence-corrected chi connectivity index (χ4v) is 5.41. The van der Waals surface area contributed by atoms with Crippen LogP contribution in [-0.2, 0) is 10.5 Å². The molecule has 0 bridgehead atoms. The third-order valence-electron chi connectivity index (χ3n) is 5.19. The van der Waals surface area contributed by atoms with Crippen molar-refractivity contribution in [3.05, 3.63) is 71.0 Å². The minimum absolute atomic E-state index is 0.0463. The van der Waals surface area contributed by atoms with Crippen molar-refractivity contribution in [2.24, 2.45) is 0 Å². The number of carbonyl (C=O) groups excluding carboxylic acids is 1. The summed E-state index contributed by atoms with van der Waals surface area (Å²) in [4.78, 5) is 28.4. The van der Waals surface area contributed by atoms with Crippen molar-refractivity contribution in [1.29, 1.82) is 0 Å². The monoisotopic (exact) mass is 446 g/mol. The van der Waals surface area contributed by atoms with Crippen molar-refractivity contribution in [2.75, 3.05) is 4.90 Å². The zero-order chi connectivity index (χ0) is 21.4. The fourth-order valence-electron chi connectivity index (χ4n) is 3.50. The molecule has 0 aliphatic heterocycles. The average Bonchev–Trinajstić information content (AvgIpc) is 3.51.